The summed E-state index contributed by atoms with van der Waals surface area (Å²) in [6, 6.07) is 23.0. The monoisotopic (exact) mass is 817 g/mol. The summed E-state index contributed by atoms with van der Waals surface area (Å²) in [6.45, 7) is 11.2. The molecule has 58 heavy (non-hydrogen) atoms. The number of aromatic amines is 1. The van der Waals surface area contributed by atoms with Crippen LogP contribution in [0.4, 0.5) is 5.69 Å². The first-order valence-corrected chi connectivity index (χ1v) is 20.1. The minimum absolute atomic E-state index is 0.163. The molecule has 0 aliphatic carbocycles. The van der Waals surface area contributed by atoms with Crippen molar-refractivity contribution in [2.45, 2.75) is 60.1 Å². The Balaban J connectivity index is 1.24. The van der Waals surface area contributed by atoms with Gasteiger partial charge in [-0.2, -0.15) is 5.10 Å². The number of anilines is 1. The van der Waals surface area contributed by atoms with E-state index >= 15 is 4.79 Å². The van der Waals surface area contributed by atoms with Gasteiger partial charge < -0.3 is 28.7 Å². The highest BCUT2D eigenvalue weighted by atomic mass is 35.5. The van der Waals surface area contributed by atoms with Crippen LogP contribution < -0.4 is 14.4 Å². The highest BCUT2D eigenvalue weighted by molar-refractivity contribution is 6.35. The van der Waals surface area contributed by atoms with Gasteiger partial charge in [0.25, 0.3) is 5.91 Å². The van der Waals surface area contributed by atoms with Gasteiger partial charge in [0.1, 0.15) is 29.5 Å². The SMILES string of the molecule is COC(=O)c1cc2c(OCc3ccccc3)ccc(N3C[C@@H](C)n4c(c(CCCOc5cc(C)c(Cl)c(C)c5)c5ccc(Cl)c(-c6c(C)nn(C)c6C)c54)C3=O)c2[nH]1. The lowest BCUT2D eigenvalue weighted by Gasteiger charge is -2.34. The zero-order valence-corrected chi connectivity index (χ0v) is 35.1. The summed E-state index contributed by atoms with van der Waals surface area (Å²) in [6.07, 6.45) is 1.22. The quantitative estimate of drug-likeness (QED) is 0.103. The highest BCUT2D eigenvalue weighted by Crippen LogP contribution is 2.46. The van der Waals surface area contributed by atoms with Gasteiger partial charge >= 0.3 is 5.97 Å². The summed E-state index contributed by atoms with van der Waals surface area (Å²) in [5.41, 5.74) is 10.5. The maximum atomic E-state index is 15.3. The van der Waals surface area contributed by atoms with Crippen LogP contribution in [0.15, 0.2) is 72.8 Å². The number of hydrogen-bond donors (Lipinski definition) is 1. The summed E-state index contributed by atoms with van der Waals surface area (Å²) in [5.74, 6) is 0.653. The number of halogens is 2. The van der Waals surface area contributed by atoms with Gasteiger partial charge in [0.2, 0.25) is 0 Å². The van der Waals surface area contributed by atoms with E-state index in [0.29, 0.717) is 65.7 Å². The predicted octanol–water partition coefficient (Wildman–Crippen LogP) is 10.7. The lowest BCUT2D eigenvalue weighted by Crippen LogP contribution is -2.42. The molecule has 0 unspecified atom stereocenters. The Kier molecular flexibility index (Phi) is 10.5. The number of carbonyl (C=O) groups excluding carboxylic acids is 2. The van der Waals surface area contributed by atoms with Gasteiger partial charge in [-0.3, -0.25) is 9.48 Å². The van der Waals surface area contributed by atoms with E-state index in [9.17, 15) is 4.79 Å². The molecule has 1 N–H and O–H groups in total. The Labute approximate surface area is 347 Å². The van der Waals surface area contributed by atoms with Gasteiger partial charge in [-0.05, 0) is 106 Å². The molecule has 0 saturated carbocycles. The van der Waals surface area contributed by atoms with Crippen molar-refractivity contribution in [1.82, 2.24) is 19.3 Å². The van der Waals surface area contributed by atoms with Crippen molar-refractivity contribution in [3.05, 3.63) is 128 Å². The third-order valence-corrected chi connectivity index (χ3v) is 12.1. The van der Waals surface area contributed by atoms with Gasteiger partial charge in [0.05, 0.1) is 41.2 Å². The number of aryl methyl sites for hydroxylation is 5. The summed E-state index contributed by atoms with van der Waals surface area (Å²) in [7, 11) is 3.27. The molecule has 1 aliphatic rings. The van der Waals surface area contributed by atoms with Crippen molar-refractivity contribution in [3.8, 4) is 22.6 Å². The summed E-state index contributed by atoms with van der Waals surface area (Å²) in [5, 5.41) is 7.69. The van der Waals surface area contributed by atoms with Crippen molar-refractivity contribution < 1.29 is 23.8 Å². The number of ether oxygens (including phenoxy) is 3. The van der Waals surface area contributed by atoms with E-state index in [1.54, 1.807) is 11.0 Å². The fraction of sp³-hybridized carbons (Fsp3) is 0.283. The van der Waals surface area contributed by atoms with Crippen LogP contribution in [0.25, 0.3) is 32.9 Å². The van der Waals surface area contributed by atoms with Crippen LogP contribution in [0.2, 0.25) is 10.0 Å². The molecule has 0 fully saturated rings. The number of nitrogens with one attached hydrogen (secondary N) is 1. The number of amides is 1. The second kappa shape index (κ2) is 15.6. The number of hydrogen-bond acceptors (Lipinski definition) is 6. The van der Waals surface area contributed by atoms with Gasteiger partial charge in [-0.15, -0.1) is 0 Å². The van der Waals surface area contributed by atoms with E-state index < -0.39 is 5.97 Å². The largest absolute Gasteiger partial charge is 0.494 e. The van der Waals surface area contributed by atoms with E-state index in [0.717, 1.165) is 66.4 Å². The fourth-order valence-corrected chi connectivity index (χ4v) is 8.78. The van der Waals surface area contributed by atoms with Gasteiger partial charge in [0.15, 0.2) is 0 Å². The third-order valence-electron chi connectivity index (χ3n) is 11.2. The van der Waals surface area contributed by atoms with Crippen molar-refractivity contribution in [1.29, 1.82) is 0 Å². The zero-order valence-electron chi connectivity index (χ0n) is 33.6. The number of rotatable bonds is 11. The predicted molar refractivity (Wildman–Crippen MR) is 230 cm³/mol. The van der Waals surface area contributed by atoms with Crippen molar-refractivity contribution in [3.63, 3.8) is 0 Å². The molecule has 0 spiro atoms. The second-order valence-electron chi connectivity index (χ2n) is 15.1. The van der Waals surface area contributed by atoms with Crippen molar-refractivity contribution in [2.75, 3.05) is 25.2 Å². The minimum atomic E-state index is -0.520. The Hall–Kier alpha value is -5.71. The van der Waals surface area contributed by atoms with Crippen LogP contribution in [0, 0.1) is 27.7 Å². The molecule has 10 nitrogen and oxygen atoms in total. The Morgan fingerprint density at radius 3 is 2.36 bits per heavy atom. The number of carbonyl (C=O) groups is 2. The first-order valence-electron chi connectivity index (χ1n) is 19.4. The number of methoxy groups -OCH3 is 1. The van der Waals surface area contributed by atoms with Gasteiger partial charge in [0, 0.05) is 52.3 Å². The van der Waals surface area contributed by atoms with E-state index in [1.165, 1.54) is 7.11 Å². The molecular formula is C46H45Cl2N5O5. The molecule has 0 saturated heterocycles. The first-order chi connectivity index (χ1) is 27.9. The van der Waals surface area contributed by atoms with E-state index in [2.05, 4.69) is 16.5 Å². The van der Waals surface area contributed by atoms with Crippen molar-refractivity contribution >= 4 is 62.6 Å². The molecule has 8 rings (SSSR count). The molecule has 7 aromatic rings. The molecule has 0 radical (unpaired) electrons. The van der Waals surface area contributed by atoms with Crippen LogP contribution in [-0.4, -0.2) is 51.5 Å². The topological polar surface area (TPSA) is 104 Å². The van der Waals surface area contributed by atoms with Crippen molar-refractivity contribution in [2.24, 2.45) is 7.05 Å². The number of fused-ring (bicyclic) bond motifs is 4. The summed E-state index contributed by atoms with van der Waals surface area (Å²) < 4.78 is 21.7. The molecule has 1 aliphatic heterocycles. The average molecular weight is 819 g/mol. The van der Waals surface area contributed by atoms with Crippen LogP contribution in [0.3, 0.4) is 0 Å². The van der Waals surface area contributed by atoms with Crippen LogP contribution in [0.5, 0.6) is 11.5 Å². The zero-order chi connectivity index (χ0) is 41.0. The maximum absolute atomic E-state index is 15.3. The third kappa shape index (κ3) is 6.78. The Bertz CT molecular complexity index is 2730. The lowest BCUT2D eigenvalue weighted by atomic mass is 9.98. The van der Waals surface area contributed by atoms with Gasteiger partial charge in [-0.1, -0.05) is 59.6 Å². The number of esters is 1. The Morgan fingerprint density at radius 1 is 0.931 bits per heavy atom. The number of H-pyrrole nitrogens is 1. The summed E-state index contributed by atoms with van der Waals surface area (Å²) >= 11 is 13.6. The van der Waals surface area contributed by atoms with Crippen LogP contribution in [-0.2, 0) is 24.8 Å². The molecule has 298 valence electrons. The fourth-order valence-electron chi connectivity index (χ4n) is 8.42. The molecular weight excluding hydrogens is 773 g/mol. The first kappa shape index (κ1) is 39.1. The molecule has 1 atom stereocenters. The Morgan fingerprint density at radius 2 is 1.67 bits per heavy atom. The molecule has 12 heteroatoms. The molecule has 0 bridgehead atoms. The number of aromatic nitrogens is 4. The molecule has 4 aromatic carbocycles. The molecule has 1 amide bonds. The normalized spacial score (nSPS) is 14.1. The minimum Gasteiger partial charge on any atom is -0.494 e. The smallest absolute Gasteiger partial charge is 0.354 e. The molecule has 3 aromatic heterocycles. The van der Waals surface area contributed by atoms with Gasteiger partial charge in [-0.25, -0.2) is 4.79 Å². The number of benzene rings is 4. The summed E-state index contributed by atoms with van der Waals surface area (Å²) in [4.78, 5) is 33.2. The van der Waals surface area contributed by atoms with Crippen LogP contribution >= 0.6 is 23.2 Å². The molecule has 4 heterocycles. The van der Waals surface area contributed by atoms with E-state index in [-0.39, 0.29) is 17.6 Å². The van der Waals surface area contributed by atoms with E-state index in [1.807, 2.05) is 106 Å². The second-order valence-corrected chi connectivity index (χ2v) is 15.9. The van der Waals surface area contributed by atoms with E-state index in [4.69, 9.17) is 42.5 Å². The number of nitrogens with zero attached hydrogens (tertiary/aromatic N) is 4. The van der Waals surface area contributed by atoms with Crippen LogP contribution in [0.1, 0.15) is 74.0 Å². The average Bonchev–Trinajstić information content (AvgIpc) is 3.88. The highest BCUT2D eigenvalue weighted by Gasteiger charge is 2.38. The maximum Gasteiger partial charge on any atom is 0.354 e. The lowest BCUT2D eigenvalue weighted by molar-refractivity contribution is 0.0595. The standard InChI is InChI=1S/C46H45Cl2N5O5/c1-25-20-31(21-26(2)41(25)48)57-19-11-14-32-33-15-16-35(47)40(39-28(4)50-51(6)29(39)5)43(33)53-27(3)23-52(45(54)44(32)53)37-17-18-38(58-24-30-12-9-8-10-13-30)34-22-36(46(55)56-7)49-42(34)37/h8-10,12-13,15-18,20-22,27,49H,11,14,19,23-24H2,1-7H3/t27-/m1/s1.